The molecule has 1 N–H and O–H groups in total. The zero-order valence-electron chi connectivity index (χ0n) is 11.3. The van der Waals surface area contributed by atoms with Crippen molar-refractivity contribution in [2.24, 2.45) is 0 Å². The Morgan fingerprint density at radius 3 is 2.63 bits per heavy atom. The van der Waals surface area contributed by atoms with Gasteiger partial charge in [-0.3, -0.25) is 0 Å². The molecule has 1 atom stereocenters. The van der Waals surface area contributed by atoms with Crippen molar-refractivity contribution in [2.75, 3.05) is 6.54 Å². The molecule has 0 aliphatic rings. The molecular weight excluding hydrogens is 309 g/mol. The number of benzene rings is 1. The monoisotopic (exact) mass is 325 g/mol. The van der Waals surface area contributed by atoms with Crippen LogP contribution in [-0.2, 0) is 0 Å². The summed E-state index contributed by atoms with van der Waals surface area (Å²) in [6.07, 6.45) is 0. The molecule has 1 aromatic carbocycles. The van der Waals surface area contributed by atoms with Crippen LogP contribution in [0, 0.1) is 19.7 Å². The maximum absolute atomic E-state index is 13.7. The molecule has 0 aliphatic carbocycles. The fraction of sp³-hybridized carbons (Fsp3) is 0.333. The summed E-state index contributed by atoms with van der Waals surface area (Å²) in [6, 6.07) is 7.02. The van der Waals surface area contributed by atoms with Crippen molar-refractivity contribution in [1.29, 1.82) is 0 Å². The van der Waals surface area contributed by atoms with Crippen LogP contribution in [0.15, 0.2) is 33.2 Å². The second-order valence-electron chi connectivity index (χ2n) is 4.50. The summed E-state index contributed by atoms with van der Waals surface area (Å²) in [6.45, 7) is 6.67. The zero-order valence-corrected chi connectivity index (χ0v) is 12.8. The third-order valence-electron chi connectivity index (χ3n) is 3.09. The molecule has 1 heterocycles. The summed E-state index contributed by atoms with van der Waals surface area (Å²) in [5, 5.41) is 3.38. The number of aryl methyl sites for hydroxylation is 2. The molecule has 0 aliphatic heterocycles. The number of nitrogens with one attached hydrogen (secondary N) is 1. The van der Waals surface area contributed by atoms with Crippen LogP contribution in [-0.4, -0.2) is 6.54 Å². The summed E-state index contributed by atoms with van der Waals surface area (Å²) >= 11 is 3.33. The van der Waals surface area contributed by atoms with Crippen molar-refractivity contribution >= 4 is 15.9 Å². The zero-order chi connectivity index (χ0) is 14.0. The van der Waals surface area contributed by atoms with E-state index in [4.69, 9.17) is 4.42 Å². The van der Waals surface area contributed by atoms with Crippen LogP contribution in [0.25, 0.3) is 0 Å². The lowest BCUT2D eigenvalue weighted by molar-refractivity contribution is 0.494. The smallest absolute Gasteiger partial charge is 0.137 e. The van der Waals surface area contributed by atoms with Gasteiger partial charge in [-0.15, -0.1) is 0 Å². The molecule has 0 bridgehead atoms. The average Bonchev–Trinajstić information content (AvgIpc) is 2.69. The van der Waals surface area contributed by atoms with Gasteiger partial charge in [0.25, 0.3) is 0 Å². The van der Waals surface area contributed by atoms with E-state index in [9.17, 15) is 4.39 Å². The fourth-order valence-electron chi connectivity index (χ4n) is 2.27. The van der Waals surface area contributed by atoms with Crippen molar-refractivity contribution < 1.29 is 8.81 Å². The number of furan rings is 1. The van der Waals surface area contributed by atoms with Crippen LogP contribution in [0.3, 0.4) is 0 Å². The van der Waals surface area contributed by atoms with Crippen LogP contribution in [0.1, 0.15) is 35.6 Å². The molecule has 0 fully saturated rings. The first-order valence-electron chi connectivity index (χ1n) is 6.28. The minimum Gasteiger partial charge on any atom is -0.466 e. The van der Waals surface area contributed by atoms with Gasteiger partial charge in [-0.25, -0.2) is 4.39 Å². The lowest BCUT2D eigenvalue weighted by Crippen LogP contribution is -2.22. The minimum atomic E-state index is -0.252. The summed E-state index contributed by atoms with van der Waals surface area (Å²) in [4.78, 5) is 0. The Labute approximate surface area is 121 Å². The topological polar surface area (TPSA) is 25.2 Å². The van der Waals surface area contributed by atoms with E-state index in [2.05, 4.69) is 21.2 Å². The van der Waals surface area contributed by atoms with Crippen LogP contribution in [0.2, 0.25) is 0 Å². The second kappa shape index (κ2) is 5.88. The number of rotatable bonds is 4. The molecule has 2 rings (SSSR count). The van der Waals surface area contributed by atoms with Gasteiger partial charge in [0.2, 0.25) is 0 Å². The first-order valence-corrected chi connectivity index (χ1v) is 7.08. The van der Waals surface area contributed by atoms with Crippen LogP contribution in [0.5, 0.6) is 0 Å². The molecule has 0 amide bonds. The lowest BCUT2D eigenvalue weighted by Gasteiger charge is -2.19. The third-order valence-corrected chi connectivity index (χ3v) is 3.93. The van der Waals surface area contributed by atoms with E-state index in [0.717, 1.165) is 29.2 Å². The minimum absolute atomic E-state index is 0.0764. The number of hydrogen-bond donors (Lipinski definition) is 1. The number of hydrogen-bond acceptors (Lipinski definition) is 2. The van der Waals surface area contributed by atoms with Crippen molar-refractivity contribution in [1.82, 2.24) is 5.32 Å². The lowest BCUT2D eigenvalue weighted by atomic mass is 9.98. The Kier molecular flexibility index (Phi) is 4.42. The molecule has 102 valence electrons. The highest BCUT2D eigenvalue weighted by molar-refractivity contribution is 9.10. The first kappa shape index (κ1) is 14.3. The fourth-order valence-corrected chi connectivity index (χ4v) is 2.77. The Bertz CT molecular complexity index is 580. The van der Waals surface area contributed by atoms with Crippen molar-refractivity contribution in [3.8, 4) is 0 Å². The quantitative estimate of drug-likeness (QED) is 0.895. The Hall–Kier alpha value is -1.13. The highest BCUT2D eigenvalue weighted by Crippen LogP contribution is 2.33. The molecule has 0 saturated carbocycles. The van der Waals surface area contributed by atoms with Crippen LogP contribution >= 0.6 is 15.9 Å². The van der Waals surface area contributed by atoms with Gasteiger partial charge >= 0.3 is 0 Å². The Balaban J connectivity index is 2.51. The highest BCUT2D eigenvalue weighted by Gasteiger charge is 2.21. The molecule has 2 nitrogen and oxygen atoms in total. The molecule has 2 aromatic rings. The van der Waals surface area contributed by atoms with Gasteiger partial charge in [-0.2, -0.15) is 0 Å². The molecule has 19 heavy (non-hydrogen) atoms. The van der Waals surface area contributed by atoms with Gasteiger partial charge in [0, 0.05) is 5.56 Å². The van der Waals surface area contributed by atoms with Gasteiger partial charge in [0.05, 0.1) is 10.5 Å². The predicted molar refractivity (Wildman–Crippen MR) is 77.8 cm³/mol. The largest absolute Gasteiger partial charge is 0.466 e. The molecule has 1 unspecified atom stereocenters. The molecular formula is C15H17BrFNO. The van der Waals surface area contributed by atoms with Crippen LogP contribution < -0.4 is 5.32 Å². The summed E-state index contributed by atoms with van der Waals surface area (Å²) < 4.78 is 19.8. The van der Waals surface area contributed by atoms with E-state index in [1.165, 1.54) is 6.07 Å². The van der Waals surface area contributed by atoms with Gasteiger partial charge in [-0.05, 0) is 54.0 Å². The molecule has 0 spiro atoms. The first-order chi connectivity index (χ1) is 9.04. The van der Waals surface area contributed by atoms with E-state index in [-0.39, 0.29) is 11.9 Å². The van der Waals surface area contributed by atoms with Gasteiger partial charge in [0.1, 0.15) is 17.3 Å². The summed E-state index contributed by atoms with van der Waals surface area (Å²) in [5.41, 5.74) is 1.93. The average molecular weight is 326 g/mol. The molecule has 1 aromatic heterocycles. The maximum atomic E-state index is 13.7. The van der Waals surface area contributed by atoms with Gasteiger partial charge in [-0.1, -0.05) is 19.1 Å². The normalized spacial score (nSPS) is 12.7. The van der Waals surface area contributed by atoms with E-state index < -0.39 is 0 Å². The van der Waals surface area contributed by atoms with Crippen molar-refractivity contribution in [2.45, 2.75) is 26.8 Å². The summed E-state index contributed by atoms with van der Waals surface area (Å²) in [7, 11) is 0. The van der Waals surface area contributed by atoms with Crippen molar-refractivity contribution in [3.05, 3.63) is 57.2 Å². The highest BCUT2D eigenvalue weighted by atomic mass is 79.9. The Morgan fingerprint density at radius 2 is 2.05 bits per heavy atom. The van der Waals surface area contributed by atoms with E-state index in [1.54, 1.807) is 6.07 Å². The van der Waals surface area contributed by atoms with E-state index in [0.29, 0.717) is 4.47 Å². The third kappa shape index (κ3) is 2.90. The second-order valence-corrected chi connectivity index (χ2v) is 5.30. The van der Waals surface area contributed by atoms with Gasteiger partial charge in [0.15, 0.2) is 0 Å². The molecule has 0 radical (unpaired) electrons. The van der Waals surface area contributed by atoms with Gasteiger partial charge < -0.3 is 9.73 Å². The van der Waals surface area contributed by atoms with E-state index in [1.807, 2.05) is 32.9 Å². The SMILES string of the molecule is CCNC(c1cc(C)oc1C)c1cccc(F)c1Br. The summed E-state index contributed by atoms with van der Waals surface area (Å²) in [5.74, 6) is 1.47. The molecule has 4 heteroatoms. The molecule has 0 saturated heterocycles. The predicted octanol–water partition coefficient (Wildman–Crippen LogP) is 4.50. The van der Waals surface area contributed by atoms with Crippen molar-refractivity contribution in [3.63, 3.8) is 0 Å². The standard InChI is InChI=1S/C15H17BrFNO/c1-4-18-15(12-8-9(2)19-10(12)3)11-6-5-7-13(17)14(11)16/h5-8,15,18H,4H2,1-3H3. The Morgan fingerprint density at radius 1 is 1.32 bits per heavy atom. The number of halogens is 2. The van der Waals surface area contributed by atoms with E-state index >= 15 is 0 Å². The van der Waals surface area contributed by atoms with Crippen LogP contribution in [0.4, 0.5) is 4.39 Å². The maximum Gasteiger partial charge on any atom is 0.137 e.